The second kappa shape index (κ2) is 7.23. The summed E-state index contributed by atoms with van der Waals surface area (Å²) in [5, 5.41) is 4.23. The molecule has 2 aromatic rings. The molecular weight excluding hydrogens is 346 g/mol. The Bertz CT molecular complexity index is 846. The fraction of sp³-hybridized carbons (Fsp3) is 0.500. The van der Waals surface area contributed by atoms with Gasteiger partial charge in [0.05, 0.1) is 6.54 Å². The summed E-state index contributed by atoms with van der Waals surface area (Å²) in [6.45, 7) is 0.670. The Labute approximate surface area is 158 Å². The Morgan fingerprint density at radius 3 is 2.74 bits per heavy atom. The van der Waals surface area contributed by atoms with Gasteiger partial charge in [0.1, 0.15) is 17.5 Å². The Balaban J connectivity index is 1.54. The van der Waals surface area contributed by atoms with Crippen LogP contribution in [0.15, 0.2) is 22.7 Å². The fourth-order valence-corrected chi connectivity index (χ4v) is 3.83. The van der Waals surface area contributed by atoms with E-state index in [1.54, 1.807) is 4.90 Å². The first-order valence-electron chi connectivity index (χ1n) is 9.32. The summed E-state index contributed by atoms with van der Waals surface area (Å²) in [5.74, 6) is 2.38. The number of ether oxygens (including phenoxy) is 2. The van der Waals surface area contributed by atoms with Crippen LogP contribution in [0, 0.1) is 0 Å². The topological polar surface area (TPSA) is 68.0 Å². The highest BCUT2D eigenvalue weighted by Gasteiger charge is 2.29. The van der Waals surface area contributed by atoms with E-state index in [0.717, 1.165) is 42.7 Å². The summed E-state index contributed by atoms with van der Waals surface area (Å²) in [7, 11) is 5.62. The normalized spacial score (nSPS) is 16.3. The number of nitrogens with zero attached hydrogens (tertiary/aromatic N) is 3. The molecule has 2 aliphatic rings. The molecule has 27 heavy (non-hydrogen) atoms. The molecule has 0 fully saturated rings. The van der Waals surface area contributed by atoms with Crippen LogP contribution in [0.5, 0.6) is 11.5 Å². The van der Waals surface area contributed by atoms with E-state index in [4.69, 9.17) is 14.0 Å². The molecule has 0 saturated heterocycles. The third-order valence-electron chi connectivity index (χ3n) is 5.26. The molecule has 7 nitrogen and oxygen atoms in total. The van der Waals surface area contributed by atoms with Crippen molar-refractivity contribution in [2.45, 2.75) is 38.3 Å². The van der Waals surface area contributed by atoms with Crippen LogP contribution in [0.3, 0.4) is 0 Å². The van der Waals surface area contributed by atoms with E-state index >= 15 is 0 Å². The summed E-state index contributed by atoms with van der Waals surface area (Å²) >= 11 is 0. The van der Waals surface area contributed by atoms with Gasteiger partial charge in [0.2, 0.25) is 12.7 Å². The van der Waals surface area contributed by atoms with E-state index < -0.39 is 6.04 Å². The van der Waals surface area contributed by atoms with Crippen molar-refractivity contribution >= 4 is 5.91 Å². The third kappa shape index (κ3) is 3.39. The first kappa shape index (κ1) is 17.9. The Hall–Kier alpha value is -2.54. The highest BCUT2D eigenvalue weighted by Crippen LogP contribution is 2.35. The molecule has 1 amide bonds. The van der Waals surface area contributed by atoms with Gasteiger partial charge in [-0.3, -0.25) is 9.69 Å². The van der Waals surface area contributed by atoms with Crippen molar-refractivity contribution in [2.24, 2.45) is 0 Å². The minimum Gasteiger partial charge on any atom is -0.454 e. The quantitative estimate of drug-likeness (QED) is 0.805. The number of likely N-dealkylation sites (N-methyl/N-ethyl adjacent to an activating group) is 2. The molecule has 0 radical (unpaired) electrons. The van der Waals surface area contributed by atoms with Crippen LogP contribution in [0.25, 0.3) is 0 Å². The predicted octanol–water partition coefficient (Wildman–Crippen LogP) is 2.54. The minimum absolute atomic E-state index is 0.00595. The molecule has 0 bridgehead atoms. The van der Waals surface area contributed by atoms with Gasteiger partial charge in [0.15, 0.2) is 11.5 Å². The van der Waals surface area contributed by atoms with Crippen molar-refractivity contribution in [3.8, 4) is 11.5 Å². The van der Waals surface area contributed by atoms with Crippen LogP contribution < -0.4 is 9.47 Å². The number of benzene rings is 1. The molecule has 1 unspecified atom stereocenters. The van der Waals surface area contributed by atoms with E-state index in [2.05, 4.69) is 5.16 Å². The number of aromatic nitrogens is 1. The van der Waals surface area contributed by atoms with Gasteiger partial charge in [-0.2, -0.15) is 0 Å². The van der Waals surface area contributed by atoms with Gasteiger partial charge in [-0.1, -0.05) is 11.2 Å². The molecule has 2 heterocycles. The number of hydrogen-bond acceptors (Lipinski definition) is 6. The molecule has 7 heteroatoms. The van der Waals surface area contributed by atoms with Crippen molar-refractivity contribution in [3.05, 3.63) is 40.8 Å². The summed E-state index contributed by atoms with van der Waals surface area (Å²) in [6.07, 6.45) is 4.21. The van der Waals surface area contributed by atoms with Gasteiger partial charge in [-0.05, 0) is 51.1 Å². The van der Waals surface area contributed by atoms with Gasteiger partial charge in [-0.15, -0.1) is 0 Å². The maximum absolute atomic E-state index is 13.2. The van der Waals surface area contributed by atoms with E-state index in [1.165, 1.54) is 5.56 Å². The lowest BCUT2D eigenvalue weighted by Gasteiger charge is -2.28. The molecule has 1 atom stereocenters. The molecule has 0 N–H and O–H groups in total. The average molecular weight is 371 g/mol. The van der Waals surface area contributed by atoms with E-state index in [9.17, 15) is 4.79 Å². The van der Waals surface area contributed by atoms with Crippen molar-refractivity contribution in [1.82, 2.24) is 15.0 Å². The maximum Gasteiger partial charge on any atom is 0.244 e. The monoisotopic (exact) mass is 371 g/mol. The zero-order chi connectivity index (χ0) is 19.0. The molecule has 0 saturated carbocycles. The zero-order valence-electron chi connectivity index (χ0n) is 16.0. The lowest BCUT2D eigenvalue weighted by Crippen LogP contribution is -2.38. The standard InChI is InChI=1S/C20H25N3O4/c1-22(2)19(13-8-9-17-18(10-13)26-12-25-17)20(24)23(3)11-15-14-6-4-5-7-16(14)27-21-15/h8-10,19H,4-7,11-12H2,1-3H3. The summed E-state index contributed by atoms with van der Waals surface area (Å²) in [4.78, 5) is 16.9. The first-order chi connectivity index (χ1) is 13.0. The van der Waals surface area contributed by atoms with Crippen molar-refractivity contribution in [1.29, 1.82) is 0 Å². The Kier molecular flexibility index (Phi) is 4.78. The van der Waals surface area contributed by atoms with Crippen LogP contribution in [0.4, 0.5) is 0 Å². The fourth-order valence-electron chi connectivity index (χ4n) is 3.83. The van der Waals surface area contributed by atoms with Gasteiger partial charge in [0.25, 0.3) is 0 Å². The van der Waals surface area contributed by atoms with E-state index in [-0.39, 0.29) is 12.7 Å². The van der Waals surface area contributed by atoms with Crippen LogP contribution >= 0.6 is 0 Å². The highest BCUT2D eigenvalue weighted by atomic mass is 16.7. The van der Waals surface area contributed by atoms with Gasteiger partial charge in [0, 0.05) is 19.0 Å². The number of aryl methyl sites for hydroxylation is 1. The number of carbonyl (C=O) groups is 1. The molecule has 144 valence electrons. The number of carbonyl (C=O) groups excluding carboxylic acids is 1. The van der Waals surface area contributed by atoms with Gasteiger partial charge in [-0.25, -0.2) is 0 Å². The Morgan fingerprint density at radius 2 is 1.93 bits per heavy atom. The third-order valence-corrected chi connectivity index (χ3v) is 5.26. The van der Waals surface area contributed by atoms with Crippen molar-refractivity contribution < 1.29 is 18.8 Å². The SMILES string of the molecule is CN(Cc1noc2c1CCCC2)C(=O)C(c1ccc2c(c1)OCO2)N(C)C. The number of amides is 1. The lowest BCUT2D eigenvalue weighted by molar-refractivity contribution is -0.135. The lowest BCUT2D eigenvalue weighted by atomic mass is 9.96. The van der Waals surface area contributed by atoms with Crippen LogP contribution in [-0.4, -0.2) is 48.8 Å². The van der Waals surface area contributed by atoms with Crippen molar-refractivity contribution in [2.75, 3.05) is 27.9 Å². The molecule has 1 aromatic carbocycles. The van der Waals surface area contributed by atoms with E-state index in [0.29, 0.717) is 18.0 Å². The predicted molar refractivity (Wildman–Crippen MR) is 98.6 cm³/mol. The second-order valence-corrected chi connectivity index (χ2v) is 7.41. The Morgan fingerprint density at radius 1 is 1.15 bits per heavy atom. The minimum atomic E-state index is -0.410. The highest BCUT2D eigenvalue weighted by molar-refractivity contribution is 5.83. The van der Waals surface area contributed by atoms with Crippen LogP contribution in [-0.2, 0) is 24.2 Å². The largest absolute Gasteiger partial charge is 0.454 e. The zero-order valence-corrected chi connectivity index (χ0v) is 16.0. The summed E-state index contributed by atoms with van der Waals surface area (Å²) in [5.41, 5.74) is 2.94. The maximum atomic E-state index is 13.2. The number of fused-ring (bicyclic) bond motifs is 2. The van der Waals surface area contributed by atoms with Crippen LogP contribution in [0.2, 0.25) is 0 Å². The second-order valence-electron chi connectivity index (χ2n) is 7.41. The summed E-state index contributed by atoms with van der Waals surface area (Å²) < 4.78 is 16.3. The molecule has 1 aliphatic carbocycles. The number of rotatable bonds is 5. The van der Waals surface area contributed by atoms with E-state index in [1.807, 2.05) is 44.2 Å². The first-order valence-corrected chi connectivity index (χ1v) is 9.32. The van der Waals surface area contributed by atoms with Crippen LogP contribution in [0.1, 0.15) is 41.5 Å². The van der Waals surface area contributed by atoms with Gasteiger partial charge >= 0.3 is 0 Å². The average Bonchev–Trinajstić information content (AvgIpc) is 3.28. The molecule has 1 aromatic heterocycles. The van der Waals surface area contributed by atoms with Gasteiger partial charge < -0.3 is 18.9 Å². The molecular formula is C20H25N3O4. The van der Waals surface area contributed by atoms with Crippen molar-refractivity contribution in [3.63, 3.8) is 0 Å². The smallest absolute Gasteiger partial charge is 0.244 e. The number of hydrogen-bond donors (Lipinski definition) is 0. The summed E-state index contributed by atoms with van der Waals surface area (Å²) in [6, 6.07) is 5.25. The molecule has 0 spiro atoms. The molecule has 1 aliphatic heterocycles. The molecule has 4 rings (SSSR count).